The molecule has 2 unspecified atom stereocenters. The molecular weight excluding hydrogens is 452 g/mol. The van der Waals surface area contributed by atoms with Crippen molar-refractivity contribution >= 4 is 56.0 Å². The molecule has 20 heavy (non-hydrogen) atoms. The summed E-state index contributed by atoms with van der Waals surface area (Å²) in [6.45, 7) is 0.763. The van der Waals surface area contributed by atoms with Gasteiger partial charge in [-0.3, -0.25) is 4.79 Å². The van der Waals surface area contributed by atoms with Crippen molar-refractivity contribution in [1.29, 1.82) is 0 Å². The first kappa shape index (κ1) is 16.6. The summed E-state index contributed by atoms with van der Waals surface area (Å²) in [4.78, 5) is 12.2. The van der Waals surface area contributed by atoms with Crippen LogP contribution in [-0.2, 0) is 0 Å². The van der Waals surface area contributed by atoms with Crippen molar-refractivity contribution in [1.82, 2.24) is 5.32 Å². The lowest BCUT2D eigenvalue weighted by molar-refractivity contribution is 0.0937. The lowest BCUT2D eigenvalue weighted by atomic mass is 9.80. The first-order chi connectivity index (χ1) is 9.61. The molecule has 0 radical (unpaired) electrons. The van der Waals surface area contributed by atoms with Crippen LogP contribution in [0.5, 0.6) is 0 Å². The fraction of sp³-hybridized carbons (Fsp3) is 0.533. The van der Waals surface area contributed by atoms with E-state index in [-0.39, 0.29) is 5.91 Å². The van der Waals surface area contributed by atoms with Crippen molar-refractivity contribution in [3.05, 3.63) is 32.4 Å². The van der Waals surface area contributed by atoms with E-state index in [1.165, 1.54) is 25.7 Å². The Bertz CT molecular complexity index is 483. The Balaban J connectivity index is 1.92. The Morgan fingerprint density at radius 3 is 2.70 bits per heavy atom. The molecule has 1 aromatic rings. The van der Waals surface area contributed by atoms with E-state index in [0.717, 1.165) is 15.4 Å². The molecule has 0 aliphatic heterocycles. The number of halogens is 3. The van der Waals surface area contributed by atoms with Gasteiger partial charge in [0.15, 0.2) is 0 Å². The van der Waals surface area contributed by atoms with Crippen LogP contribution < -0.4 is 5.32 Å². The zero-order chi connectivity index (χ0) is 14.5. The monoisotopic (exact) mass is 469 g/mol. The summed E-state index contributed by atoms with van der Waals surface area (Å²) in [5.41, 5.74) is 0.640. The van der Waals surface area contributed by atoms with Crippen LogP contribution in [0.4, 0.5) is 0 Å². The molecule has 2 atom stereocenters. The minimum Gasteiger partial charge on any atom is -0.352 e. The molecule has 1 N–H and O–H groups in total. The summed E-state index contributed by atoms with van der Waals surface area (Å²) in [6, 6.07) is 5.44. The van der Waals surface area contributed by atoms with Crippen molar-refractivity contribution in [2.24, 2.45) is 11.8 Å². The molecule has 2 rings (SSSR count). The van der Waals surface area contributed by atoms with Crippen LogP contribution in [0.3, 0.4) is 0 Å². The maximum Gasteiger partial charge on any atom is 0.251 e. The van der Waals surface area contributed by atoms with Gasteiger partial charge >= 0.3 is 0 Å². The second-order valence-corrected chi connectivity index (χ2v) is 7.51. The van der Waals surface area contributed by atoms with Crippen LogP contribution in [-0.4, -0.2) is 17.8 Å². The van der Waals surface area contributed by atoms with Gasteiger partial charge in [0.1, 0.15) is 0 Å². The van der Waals surface area contributed by atoms with E-state index in [1.54, 1.807) is 6.07 Å². The van der Waals surface area contributed by atoms with Crippen molar-refractivity contribution in [2.45, 2.75) is 25.7 Å². The molecule has 1 aliphatic rings. The molecule has 1 amide bonds. The maximum atomic E-state index is 12.2. The quantitative estimate of drug-likeness (QED) is 0.494. The molecule has 1 fully saturated rings. The van der Waals surface area contributed by atoms with Gasteiger partial charge in [0.2, 0.25) is 0 Å². The number of carbonyl (C=O) groups excluding carboxylic acids is 1. The van der Waals surface area contributed by atoms with Crippen LogP contribution in [0.1, 0.15) is 36.0 Å². The Morgan fingerprint density at radius 2 is 2.05 bits per heavy atom. The summed E-state index contributed by atoms with van der Waals surface area (Å²) in [5.74, 6) is 1.25. The third-order valence-corrected chi connectivity index (χ3v) is 6.38. The highest BCUT2D eigenvalue weighted by molar-refractivity contribution is 14.1. The minimum absolute atomic E-state index is 0.0257. The average Bonchev–Trinajstić information content (AvgIpc) is 2.47. The zero-order valence-corrected chi connectivity index (χ0v) is 15.7. The normalized spacial score (nSPS) is 22.6. The molecule has 1 aliphatic carbocycles. The van der Waals surface area contributed by atoms with E-state index < -0.39 is 0 Å². The number of amides is 1. The van der Waals surface area contributed by atoms with Gasteiger partial charge in [-0.2, -0.15) is 0 Å². The Morgan fingerprint density at radius 1 is 1.35 bits per heavy atom. The lowest BCUT2D eigenvalue weighted by Crippen LogP contribution is -2.34. The molecule has 0 heterocycles. The van der Waals surface area contributed by atoms with Gasteiger partial charge in [0, 0.05) is 21.0 Å². The predicted octanol–water partition coefficient (Wildman–Crippen LogP) is 4.88. The molecule has 110 valence electrons. The molecule has 0 aromatic heterocycles. The van der Waals surface area contributed by atoms with Gasteiger partial charge < -0.3 is 5.32 Å². The van der Waals surface area contributed by atoms with Crippen LogP contribution >= 0.6 is 50.1 Å². The van der Waals surface area contributed by atoms with E-state index in [0.29, 0.717) is 22.4 Å². The number of carbonyl (C=O) groups is 1. The van der Waals surface area contributed by atoms with Gasteiger partial charge in [0.05, 0.1) is 5.02 Å². The second-order valence-electron chi connectivity index (χ2n) is 5.30. The number of hydrogen-bond donors (Lipinski definition) is 1. The van der Waals surface area contributed by atoms with Crippen molar-refractivity contribution in [2.75, 3.05) is 11.9 Å². The summed E-state index contributed by atoms with van der Waals surface area (Å²) in [6.07, 6.45) is 5.07. The van der Waals surface area contributed by atoms with Gasteiger partial charge in [-0.25, -0.2) is 0 Å². The number of nitrogens with one attached hydrogen (secondary N) is 1. The van der Waals surface area contributed by atoms with E-state index in [4.69, 9.17) is 11.6 Å². The van der Waals surface area contributed by atoms with Crippen LogP contribution in [0.15, 0.2) is 18.2 Å². The fourth-order valence-corrected chi connectivity index (χ4v) is 4.09. The van der Waals surface area contributed by atoms with Gasteiger partial charge in [-0.15, -0.1) is 0 Å². The van der Waals surface area contributed by atoms with Crippen molar-refractivity contribution in [3.8, 4) is 0 Å². The van der Waals surface area contributed by atoms with E-state index in [9.17, 15) is 4.79 Å². The molecule has 1 saturated carbocycles. The van der Waals surface area contributed by atoms with Crippen LogP contribution in [0, 0.1) is 15.4 Å². The fourth-order valence-electron chi connectivity index (χ4n) is 2.72. The molecular formula is C15H18BrClINO. The topological polar surface area (TPSA) is 29.1 Å². The minimum atomic E-state index is -0.0257. The van der Waals surface area contributed by atoms with Crippen LogP contribution in [0.25, 0.3) is 0 Å². The number of alkyl halides is 1. The number of rotatable bonds is 4. The predicted molar refractivity (Wildman–Crippen MR) is 95.7 cm³/mol. The van der Waals surface area contributed by atoms with Crippen molar-refractivity contribution in [3.63, 3.8) is 0 Å². The van der Waals surface area contributed by atoms with Crippen LogP contribution in [0.2, 0.25) is 5.02 Å². The highest BCUT2D eigenvalue weighted by atomic mass is 127. The molecule has 0 bridgehead atoms. The number of benzene rings is 1. The van der Waals surface area contributed by atoms with Gasteiger partial charge in [0.25, 0.3) is 5.91 Å². The summed E-state index contributed by atoms with van der Waals surface area (Å²) in [7, 11) is 0. The van der Waals surface area contributed by atoms with Crippen molar-refractivity contribution < 1.29 is 4.79 Å². The Hall–Kier alpha value is 0.190. The zero-order valence-electron chi connectivity index (χ0n) is 11.2. The SMILES string of the molecule is O=C(NCC1CCCCC1CBr)c1ccc(I)c(Cl)c1. The standard InChI is InChI=1S/C15H18BrClINO/c16-8-11-3-1-2-4-12(11)9-19-15(20)10-5-6-14(18)13(17)7-10/h5-7,11-12H,1-4,8-9H2,(H,19,20). The smallest absolute Gasteiger partial charge is 0.251 e. The highest BCUT2D eigenvalue weighted by Gasteiger charge is 2.24. The first-order valence-corrected chi connectivity index (χ1v) is 9.49. The van der Waals surface area contributed by atoms with Gasteiger partial charge in [-0.1, -0.05) is 40.4 Å². The Labute approximate surface area is 147 Å². The molecule has 2 nitrogen and oxygen atoms in total. The van der Waals surface area contributed by atoms with E-state index in [1.807, 2.05) is 12.1 Å². The average molecular weight is 471 g/mol. The summed E-state index contributed by atoms with van der Waals surface area (Å²) < 4.78 is 0.965. The van der Waals surface area contributed by atoms with Gasteiger partial charge in [-0.05, 0) is 65.5 Å². The third-order valence-electron chi connectivity index (χ3n) is 3.97. The second kappa shape index (κ2) is 7.99. The molecule has 0 spiro atoms. The largest absolute Gasteiger partial charge is 0.352 e. The summed E-state index contributed by atoms with van der Waals surface area (Å²) in [5, 5.41) is 4.72. The molecule has 1 aromatic carbocycles. The highest BCUT2D eigenvalue weighted by Crippen LogP contribution is 2.30. The lowest BCUT2D eigenvalue weighted by Gasteiger charge is -2.30. The van der Waals surface area contributed by atoms with E-state index >= 15 is 0 Å². The summed E-state index contributed by atoms with van der Waals surface area (Å²) >= 11 is 11.8. The molecule has 0 saturated heterocycles. The maximum absolute atomic E-state index is 12.2. The Kier molecular flexibility index (Phi) is 6.62. The third kappa shape index (κ3) is 4.34. The first-order valence-electron chi connectivity index (χ1n) is 6.91. The number of hydrogen-bond acceptors (Lipinski definition) is 1. The molecule has 5 heteroatoms. The van der Waals surface area contributed by atoms with E-state index in [2.05, 4.69) is 43.8 Å².